The third kappa shape index (κ3) is 5.12. The Bertz CT molecular complexity index is 1090. The summed E-state index contributed by atoms with van der Waals surface area (Å²) in [7, 11) is 0. The Kier molecular flexibility index (Phi) is 6.15. The number of non-ortho nitro benzene ring substituents is 1. The quantitative estimate of drug-likeness (QED) is 0.270. The van der Waals surface area contributed by atoms with Crippen LogP contribution in [0.15, 0.2) is 48.0 Å². The SMILES string of the molecule is CC(OC(=O)c1ccnc(Cl)c1)C(=O)Nc1nc(-c2cccc([N+](=O)[O-])c2)cs1. The Morgan fingerprint density at radius 1 is 1.31 bits per heavy atom. The zero-order valence-electron chi connectivity index (χ0n) is 14.9. The molecule has 1 atom stereocenters. The van der Waals surface area contributed by atoms with Gasteiger partial charge in [-0.1, -0.05) is 23.7 Å². The van der Waals surface area contributed by atoms with Crippen LogP contribution in [0.1, 0.15) is 17.3 Å². The number of rotatable bonds is 6. The second kappa shape index (κ2) is 8.76. The molecule has 3 rings (SSSR count). The number of thiazole rings is 1. The van der Waals surface area contributed by atoms with Crippen molar-refractivity contribution >= 4 is 45.6 Å². The average Bonchev–Trinajstić information content (AvgIpc) is 3.16. The van der Waals surface area contributed by atoms with E-state index in [-0.39, 0.29) is 21.5 Å². The van der Waals surface area contributed by atoms with Crippen LogP contribution in [0.2, 0.25) is 5.15 Å². The molecule has 9 nitrogen and oxygen atoms in total. The van der Waals surface area contributed by atoms with Crippen LogP contribution in [0.4, 0.5) is 10.8 Å². The molecule has 148 valence electrons. The number of ether oxygens (including phenoxy) is 1. The van der Waals surface area contributed by atoms with E-state index < -0.39 is 22.9 Å². The maximum atomic E-state index is 12.3. The molecule has 0 spiro atoms. The molecule has 0 saturated heterocycles. The van der Waals surface area contributed by atoms with Crippen LogP contribution in [0.5, 0.6) is 0 Å². The summed E-state index contributed by atoms with van der Waals surface area (Å²) in [5.74, 6) is -1.29. The lowest BCUT2D eigenvalue weighted by atomic mass is 10.1. The van der Waals surface area contributed by atoms with Gasteiger partial charge in [0.05, 0.1) is 16.2 Å². The first-order chi connectivity index (χ1) is 13.8. The minimum Gasteiger partial charge on any atom is -0.449 e. The second-order valence-corrected chi connectivity index (χ2v) is 6.99. The molecule has 11 heteroatoms. The first kappa shape index (κ1) is 20.4. The van der Waals surface area contributed by atoms with E-state index in [9.17, 15) is 19.7 Å². The zero-order chi connectivity index (χ0) is 21.0. The summed E-state index contributed by atoms with van der Waals surface area (Å²) in [6.07, 6.45) is 0.272. The van der Waals surface area contributed by atoms with Gasteiger partial charge in [-0.15, -0.1) is 11.3 Å². The van der Waals surface area contributed by atoms with Gasteiger partial charge in [-0.25, -0.2) is 14.8 Å². The fourth-order valence-electron chi connectivity index (χ4n) is 2.26. The molecule has 2 heterocycles. The summed E-state index contributed by atoms with van der Waals surface area (Å²) in [5, 5.41) is 15.5. The normalized spacial score (nSPS) is 11.5. The number of hydrogen-bond donors (Lipinski definition) is 1. The minimum atomic E-state index is -1.08. The van der Waals surface area contributed by atoms with Crippen LogP contribution in [0.25, 0.3) is 11.3 Å². The first-order valence-electron chi connectivity index (χ1n) is 8.17. The van der Waals surface area contributed by atoms with Crippen LogP contribution in [0, 0.1) is 10.1 Å². The highest BCUT2D eigenvalue weighted by molar-refractivity contribution is 7.14. The number of pyridine rings is 1. The summed E-state index contributed by atoms with van der Waals surface area (Å²) in [4.78, 5) is 42.8. The number of carbonyl (C=O) groups is 2. The number of carbonyl (C=O) groups excluding carboxylic acids is 2. The van der Waals surface area contributed by atoms with E-state index in [0.29, 0.717) is 11.3 Å². The van der Waals surface area contributed by atoms with Crippen molar-refractivity contribution in [3.8, 4) is 11.3 Å². The van der Waals surface area contributed by atoms with E-state index in [2.05, 4.69) is 15.3 Å². The van der Waals surface area contributed by atoms with Crippen molar-refractivity contribution in [2.75, 3.05) is 5.32 Å². The molecule has 0 radical (unpaired) electrons. The molecule has 1 unspecified atom stereocenters. The number of nitrogens with zero attached hydrogens (tertiary/aromatic N) is 3. The standard InChI is InChI=1S/C18H13ClN4O5S/c1-10(28-17(25)12-5-6-20-15(19)8-12)16(24)22-18-21-14(9-29-18)11-3-2-4-13(7-11)23(26)27/h2-10H,1H3,(H,21,22,24). The average molecular weight is 433 g/mol. The van der Waals surface area contributed by atoms with Crippen molar-refractivity contribution < 1.29 is 19.2 Å². The molecule has 0 bridgehead atoms. The summed E-state index contributed by atoms with van der Waals surface area (Å²) < 4.78 is 5.12. The van der Waals surface area contributed by atoms with Crippen LogP contribution >= 0.6 is 22.9 Å². The third-order valence-electron chi connectivity index (χ3n) is 3.70. The Balaban J connectivity index is 1.64. The first-order valence-corrected chi connectivity index (χ1v) is 9.43. The highest BCUT2D eigenvalue weighted by Crippen LogP contribution is 2.27. The third-order valence-corrected chi connectivity index (χ3v) is 4.67. The predicted molar refractivity (Wildman–Crippen MR) is 107 cm³/mol. The van der Waals surface area contributed by atoms with Crippen molar-refractivity contribution in [3.05, 3.63) is 68.8 Å². The van der Waals surface area contributed by atoms with Crippen molar-refractivity contribution in [2.45, 2.75) is 13.0 Å². The minimum absolute atomic E-state index is 0.0576. The Morgan fingerprint density at radius 2 is 2.10 bits per heavy atom. The summed E-state index contributed by atoms with van der Waals surface area (Å²) in [6, 6.07) is 8.76. The molecule has 2 aromatic heterocycles. The molecule has 0 fully saturated rings. The van der Waals surface area contributed by atoms with Crippen molar-refractivity contribution in [3.63, 3.8) is 0 Å². The molecule has 1 N–H and O–H groups in total. The lowest BCUT2D eigenvalue weighted by molar-refractivity contribution is -0.384. The molecule has 3 aromatic rings. The highest BCUT2D eigenvalue weighted by Gasteiger charge is 2.20. The van der Waals surface area contributed by atoms with Crippen molar-refractivity contribution in [2.24, 2.45) is 0 Å². The lowest BCUT2D eigenvalue weighted by Crippen LogP contribution is -2.30. The maximum Gasteiger partial charge on any atom is 0.339 e. The van der Waals surface area contributed by atoms with Gasteiger partial charge in [-0.3, -0.25) is 20.2 Å². The number of halogens is 1. The molecule has 1 amide bonds. The summed E-state index contributed by atoms with van der Waals surface area (Å²) in [6.45, 7) is 1.42. The van der Waals surface area contributed by atoms with Gasteiger partial charge in [-0.2, -0.15) is 0 Å². The Labute approximate surface area is 173 Å². The number of nitro benzene ring substituents is 1. The lowest BCUT2D eigenvalue weighted by Gasteiger charge is -2.12. The summed E-state index contributed by atoms with van der Waals surface area (Å²) in [5.41, 5.74) is 1.14. The summed E-state index contributed by atoms with van der Waals surface area (Å²) >= 11 is 6.88. The molecular weight excluding hydrogens is 420 g/mol. The van der Waals surface area contributed by atoms with Crippen molar-refractivity contribution in [1.82, 2.24) is 9.97 Å². The van der Waals surface area contributed by atoms with E-state index in [1.807, 2.05) is 0 Å². The van der Waals surface area contributed by atoms with Gasteiger partial charge < -0.3 is 4.74 Å². The smallest absolute Gasteiger partial charge is 0.339 e. The van der Waals surface area contributed by atoms with Gasteiger partial charge in [0.25, 0.3) is 11.6 Å². The van der Waals surface area contributed by atoms with Gasteiger partial charge in [0.15, 0.2) is 11.2 Å². The van der Waals surface area contributed by atoms with Gasteiger partial charge in [-0.05, 0) is 19.1 Å². The highest BCUT2D eigenvalue weighted by atomic mass is 35.5. The molecule has 1 aromatic carbocycles. The number of nitrogens with one attached hydrogen (secondary N) is 1. The number of aromatic nitrogens is 2. The van der Waals surface area contributed by atoms with Crippen LogP contribution in [-0.4, -0.2) is 32.9 Å². The maximum absolute atomic E-state index is 12.3. The fraction of sp³-hybridized carbons (Fsp3) is 0.111. The predicted octanol–water partition coefficient (Wildman–Crippen LogP) is 3.95. The van der Waals surface area contributed by atoms with Crippen molar-refractivity contribution in [1.29, 1.82) is 0 Å². The zero-order valence-corrected chi connectivity index (χ0v) is 16.4. The van der Waals surface area contributed by atoms with Crippen LogP contribution < -0.4 is 5.32 Å². The van der Waals surface area contributed by atoms with Crippen LogP contribution in [-0.2, 0) is 9.53 Å². The van der Waals surface area contributed by atoms with E-state index >= 15 is 0 Å². The molecule has 0 aliphatic carbocycles. The van der Waals surface area contributed by atoms with Gasteiger partial charge >= 0.3 is 5.97 Å². The van der Waals surface area contributed by atoms with E-state index in [1.54, 1.807) is 17.5 Å². The Hall–Kier alpha value is -3.37. The monoisotopic (exact) mass is 432 g/mol. The molecule has 0 saturated carbocycles. The molecule has 0 aliphatic heterocycles. The number of nitro groups is 1. The number of amides is 1. The number of benzene rings is 1. The van der Waals surface area contributed by atoms with E-state index in [4.69, 9.17) is 16.3 Å². The van der Waals surface area contributed by atoms with Crippen LogP contribution in [0.3, 0.4) is 0 Å². The van der Waals surface area contributed by atoms with E-state index in [1.165, 1.54) is 37.4 Å². The molecule has 29 heavy (non-hydrogen) atoms. The second-order valence-electron chi connectivity index (χ2n) is 5.75. The van der Waals surface area contributed by atoms with Gasteiger partial charge in [0, 0.05) is 29.3 Å². The van der Waals surface area contributed by atoms with E-state index in [0.717, 1.165) is 11.3 Å². The number of hydrogen-bond acceptors (Lipinski definition) is 8. The molecular formula is C18H13ClN4O5S. The Morgan fingerprint density at radius 3 is 2.83 bits per heavy atom. The number of esters is 1. The van der Waals surface area contributed by atoms with Gasteiger partial charge in [0.2, 0.25) is 0 Å². The fourth-order valence-corrected chi connectivity index (χ4v) is 3.16. The topological polar surface area (TPSA) is 124 Å². The molecule has 0 aliphatic rings. The largest absolute Gasteiger partial charge is 0.449 e. The van der Waals surface area contributed by atoms with Gasteiger partial charge in [0.1, 0.15) is 5.15 Å². The number of anilines is 1.